The molecule has 1 atom stereocenters. The van der Waals surface area contributed by atoms with Crippen LogP contribution in [0.25, 0.3) is 5.57 Å². The van der Waals surface area contributed by atoms with Gasteiger partial charge in [-0.2, -0.15) is 0 Å². The number of nitrogens with two attached hydrogens (primary N) is 1. The number of carbonyl (C=O) groups is 2. The summed E-state index contributed by atoms with van der Waals surface area (Å²) in [6, 6.07) is 5.11. The van der Waals surface area contributed by atoms with Gasteiger partial charge < -0.3 is 25.8 Å². The third-order valence-electron chi connectivity index (χ3n) is 4.94. The standard InChI is InChI=1S/C21H29N5O4S/c1-23-20(22)26-21(28)24-10-4-5-13-6-7-14(11-18(27)25-19(13)31)16-9-8-15(29-2)12-17(16)30-3/h8-9,11-13H,4-7,10H2,1-3H3,(H,25,27,31)(H4,22,23,24,26,28). The number of guanidine groups is 1. The van der Waals surface area contributed by atoms with Gasteiger partial charge in [-0.25, -0.2) is 4.79 Å². The average Bonchev–Trinajstić information content (AvgIpc) is 2.75. The molecule has 0 radical (unpaired) electrons. The predicted octanol–water partition coefficient (Wildman–Crippen LogP) is 1.96. The number of nitrogens with zero attached hydrogens (tertiary/aromatic N) is 1. The number of allylic oxidation sites excluding steroid dienone is 1. The number of amides is 3. The number of carbonyl (C=O) groups excluding carboxylic acids is 2. The Morgan fingerprint density at radius 3 is 2.81 bits per heavy atom. The summed E-state index contributed by atoms with van der Waals surface area (Å²) < 4.78 is 10.7. The summed E-state index contributed by atoms with van der Waals surface area (Å²) in [4.78, 5) is 28.3. The minimum absolute atomic E-state index is 0.0130. The Morgan fingerprint density at radius 2 is 2.13 bits per heavy atom. The maximum absolute atomic E-state index is 12.4. The van der Waals surface area contributed by atoms with Gasteiger partial charge >= 0.3 is 6.03 Å². The molecule has 10 heteroatoms. The van der Waals surface area contributed by atoms with E-state index in [9.17, 15) is 9.59 Å². The summed E-state index contributed by atoms with van der Waals surface area (Å²) in [5, 5.41) is 7.92. The second kappa shape index (κ2) is 11.9. The zero-order valence-electron chi connectivity index (χ0n) is 18.0. The highest BCUT2D eigenvalue weighted by atomic mass is 32.1. The molecule has 168 valence electrons. The molecule has 1 aromatic rings. The van der Waals surface area contributed by atoms with Crippen LogP contribution in [-0.2, 0) is 4.79 Å². The molecular weight excluding hydrogens is 418 g/mol. The second-order valence-corrected chi connectivity index (χ2v) is 7.40. The third kappa shape index (κ3) is 7.25. The number of urea groups is 1. The number of rotatable bonds is 7. The Hall–Kier alpha value is -3.14. The molecule has 1 unspecified atom stereocenters. The van der Waals surface area contributed by atoms with Gasteiger partial charge in [-0.05, 0) is 43.4 Å². The largest absolute Gasteiger partial charge is 0.497 e. The molecule has 0 aromatic heterocycles. The molecule has 9 nitrogen and oxygen atoms in total. The maximum Gasteiger partial charge on any atom is 0.321 e. The van der Waals surface area contributed by atoms with Gasteiger partial charge in [0.1, 0.15) is 11.5 Å². The lowest BCUT2D eigenvalue weighted by molar-refractivity contribution is -0.115. The van der Waals surface area contributed by atoms with Gasteiger partial charge in [0, 0.05) is 37.2 Å². The molecule has 2 rings (SSSR count). The van der Waals surface area contributed by atoms with Crippen molar-refractivity contribution in [1.29, 1.82) is 0 Å². The van der Waals surface area contributed by atoms with Crippen LogP contribution in [-0.4, -0.2) is 50.7 Å². The van der Waals surface area contributed by atoms with Crippen molar-refractivity contribution in [2.45, 2.75) is 25.7 Å². The third-order valence-corrected chi connectivity index (χ3v) is 5.37. The zero-order valence-corrected chi connectivity index (χ0v) is 18.8. The fourth-order valence-corrected chi connectivity index (χ4v) is 3.61. The van der Waals surface area contributed by atoms with Crippen LogP contribution >= 0.6 is 12.2 Å². The van der Waals surface area contributed by atoms with Gasteiger partial charge in [0.05, 0.1) is 19.2 Å². The molecule has 0 spiro atoms. The predicted molar refractivity (Wildman–Crippen MR) is 124 cm³/mol. The number of nitrogens with one attached hydrogen (secondary N) is 3. The first kappa shape index (κ1) is 24.1. The van der Waals surface area contributed by atoms with Crippen molar-refractivity contribution in [3.63, 3.8) is 0 Å². The minimum atomic E-state index is -0.409. The number of thiocarbonyl (C=S) groups is 1. The lowest BCUT2D eigenvalue weighted by Crippen LogP contribution is -2.43. The quantitative estimate of drug-likeness (QED) is 0.219. The van der Waals surface area contributed by atoms with Crippen molar-refractivity contribution in [3.05, 3.63) is 29.8 Å². The van der Waals surface area contributed by atoms with Gasteiger partial charge in [0.15, 0.2) is 5.96 Å². The van der Waals surface area contributed by atoms with Crippen LogP contribution < -0.4 is 31.2 Å². The Bertz CT molecular complexity index is 885. The van der Waals surface area contributed by atoms with Crippen LogP contribution in [0.5, 0.6) is 11.5 Å². The first-order valence-electron chi connectivity index (χ1n) is 9.92. The zero-order chi connectivity index (χ0) is 22.8. The number of benzene rings is 1. The van der Waals surface area contributed by atoms with Gasteiger partial charge in [0.25, 0.3) is 0 Å². The Balaban J connectivity index is 2.00. The molecule has 1 aliphatic heterocycles. The van der Waals surface area contributed by atoms with E-state index in [0.717, 1.165) is 24.0 Å². The maximum atomic E-state index is 12.4. The number of hydrogen-bond acceptors (Lipinski definition) is 6. The molecule has 1 aliphatic rings. The Kier molecular flexibility index (Phi) is 9.26. The van der Waals surface area contributed by atoms with Crippen molar-refractivity contribution >= 4 is 40.7 Å². The van der Waals surface area contributed by atoms with Crippen LogP contribution in [0, 0.1) is 5.92 Å². The summed E-state index contributed by atoms with van der Waals surface area (Å²) >= 11 is 5.43. The Labute approximate surface area is 187 Å². The number of methoxy groups -OCH3 is 2. The molecule has 0 fully saturated rings. The van der Waals surface area contributed by atoms with Crippen LogP contribution in [0.4, 0.5) is 4.79 Å². The molecule has 0 bridgehead atoms. The van der Waals surface area contributed by atoms with E-state index in [-0.39, 0.29) is 17.8 Å². The van der Waals surface area contributed by atoms with E-state index in [0.29, 0.717) is 35.9 Å². The summed E-state index contributed by atoms with van der Waals surface area (Å²) in [6.45, 7) is 0.449. The van der Waals surface area contributed by atoms with Crippen molar-refractivity contribution in [1.82, 2.24) is 16.0 Å². The second-order valence-electron chi connectivity index (χ2n) is 6.96. The fourth-order valence-electron chi connectivity index (χ4n) is 3.27. The van der Waals surface area contributed by atoms with Crippen molar-refractivity contribution in [3.8, 4) is 11.5 Å². The normalized spacial score (nSPS) is 17.1. The molecule has 0 saturated carbocycles. The summed E-state index contributed by atoms with van der Waals surface area (Å²) in [7, 11) is 4.67. The molecule has 1 aromatic carbocycles. The number of aliphatic imine (C=N–C) groups is 1. The Morgan fingerprint density at radius 1 is 1.35 bits per heavy atom. The highest BCUT2D eigenvalue weighted by molar-refractivity contribution is 7.80. The van der Waals surface area contributed by atoms with Gasteiger partial charge in [-0.15, -0.1) is 0 Å². The van der Waals surface area contributed by atoms with Crippen molar-refractivity contribution < 1.29 is 19.1 Å². The first-order chi connectivity index (χ1) is 14.9. The fraction of sp³-hybridized carbons (Fsp3) is 0.429. The number of hydrogen-bond donors (Lipinski definition) is 4. The first-order valence-corrected chi connectivity index (χ1v) is 10.3. The minimum Gasteiger partial charge on any atom is -0.497 e. The monoisotopic (exact) mass is 447 g/mol. The smallest absolute Gasteiger partial charge is 0.321 e. The molecule has 1 heterocycles. The van der Waals surface area contributed by atoms with E-state index in [1.807, 2.05) is 12.1 Å². The van der Waals surface area contributed by atoms with E-state index in [4.69, 9.17) is 27.4 Å². The summed E-state index contributed by atoms with van der Waals surface area (Å²) in [6.07, 6.45) is 4.42. The molecular formula is C21H29N5O4S. The van der Waals surface area contributed by atoms with E-state index in [2.05, 4.69) is 20.9 Å². The molecule has 0 aliphatic carbocycles. The van der Waals surface area contributed by atoms with Crippen LogP contribution in [0.3, 0.4) is 0 Å². The van der Waals surface area contributed by atoms with Gasteiger partial charge in [-0.1, -0.05) is 12.2 Å². The topological polar surface area (TPSA) is 127 Å². The van der Waals surface area contributed by atoms with Crippen LogP contribution in [0.2, 0.25) is 0 Å². The molecule has 31 heavy (non-hydrogen) atoms. The molecule has 3 amide bonds. The van der Waals surface area contributed by atoms with Gasteiger partial charge in [-0.3, -0.25) is 15.1 Å². The SMILES string of the molecule is CN=C(N)NC(=O)NCCCC1CCC(c2ccc(OC)cc2OC)=CC(=O)NC1=S. The average molecular weight is 448 g/mol. The van der Waals surface area contributed by atoms with E-state index in [1.165, 1.54) is 7.05 Å². The van der Waals surface area contributed by atoms with Crippen LogP contribution in [0.1, 0.15) is 31.2 Å². The van der Waals surface area contributed by atoms with Crippen molar-refractivity contribution in [2.24, 2.45) is 16.6 Å². The molecule has 5 N–H and O–H groups in total. The van der Waals surface area contributed by atoms with Crippen molar-refractivity contribution in [2.75, 3.05) is 27.8 Å². The highest BCUT2D eigenvalue weighted by Crippen LogP contribution is 2.34. The lowest BCUT2D eigenvalue weighted by Gasteiger charge is -2.23. The highest BCUT2D eigenvalue weighted by Gasteiger charge is 2.22. The van der Waals surface area contributed by atoms with E-state index in [1.54, 1.807) is 26.4 Å². The van der Waals surface area contributed by atoms with Gasteiger partial charge in [0.2, 0.25) is 5.91 Å². The summed E-state index contributed by atoms with van der Waals surface area (Å²) in [5.41, 5.74) is 7.17. The molecule has 0 saturated heterocycles. The van der Waals surface area contributed by atoms with E-state index < -0.39 is 6.03 Å². The lowest BCUT2D eigenvalue weighted by atomic mass is 9.90. The summed E-state index contributed by atoms with van der Waals surface area (Å²) in [5.74, 6) is 1.13. The number of ether oxygens (including phenoxy) is 2. The van der Waals surface area contributed by atoms with E-state index >= 15 is 0 Å². The van der Waals surface area contributed by atoms with Crippen LogP contribution in [0.15, 0.2) is 29.3 Å².